The van der Waals surface area contributed by atoms with Gasteiger partial charge in [0.05, 0.1) is 6.04 Å². The summed E-state index contributed by atoms with van der Waals surface area (Å²) in [6, 6.07) is 12.8. The fourth-order valence-electron chi connectivity index (χ4n) is 2.76. The Morgan fingerprint density at radius 1 is 1.20 bits per heavy atom. The Hall–Kier alpha value is -1.81. The summed E-state index contributed by atoms with van der Waals surface area (Å²) in [6.07, 6.45) is 2.14. The standard InChI is InChI=1S/C16H19N3S/c1-12-6-3-4-7-14(12)17-16(20)19-11-10-18-9-5-8-15(18)13(19)2/h3-9,13H,10-11H2,1-2H3,(H,17,20). The van der Waals surface area contributed by atoms with E-state index in [1.165, 1.54) is 11.3 Å². The smallest absolute Gasteiger partial charge is 0.174 e. The number of fused-ring (bicyclic) bond motifs is 1. The van der Waals surface area contributed by atoms with Crippen molar-refractivity contribution in [2.75, 3.05) is 11.9 Å². The van der Waals surface area contributed by atoms with Gasteiger partial charge in [-0.1, -0.05) is 18.2 Å². The first-order valence-corrected chi connectivity index (χ1v) is 7.36. The third-order valence-electron chi connectivity index (χ3n) is 3.99. The van der Waals surface area contributed by atoms with E-state index >= 15 is 0 Å². The molecule has 3 rings (SSSR count). The number of nitrogens with one attached hydrogen (secondary N) is 1. The molecule has 0 radical (unpaired) electrons. The molecular formula is C16H19N3S. The Kier molecular flexibility index (Phi) is 3.49. The van der Waals surface area contributed by atoms with Crippen LogP contribution >= 0.6 is 12.2 Å². The van der Waals surface area contributed by atoms with E-state index in [-0.39, 0.29) is 0 Å². The van der Waals surface area contributed by atoms with Crippen LogP contribution in [0.2, 0.25) is 0 Å². The van der Waals surface area contributed by atoms with Crippen molar-refractivity contribution in [2.24, 2.45) is 0 Å². The lowest BCUT2D eigenvalue weighted by atomic mass is 10.1. The third kappa shape index (κ3) is 2.31. The fourth-order valence-corrected chi connectivity index (χ4v) is 3.12. The monoisotopic (exact) mass is 285 g/mol. The van der Waals surface area contributed by atoms with E-state index in [4.69, 9.17) is 12.2 Å². The van der Waals surface area contributed by atoms with E-state index in [1.54, 1.807) is 0 Å². The van der Waals surface area contributed by atoms with E-state index in [0.717, 1.165) is 23.9 Å². The van der Waals surface area contributed by atoms with Crippen LogP contribution in [-0.4, -0.2) is 21.1 Å². The van der Waals surface area contributed by atoms with Crippen molar-refractivity contribution < 1.29 is 0 Å². The van der Waals surface area contributed by atoms with E-state index in [9.17, 15) is 0 Å². The summed E-state index contributed by atoms with van der Waals surface area (Å²) in [6.45, 7) is 6.23. The molecule has 1 N–H and O–H groups in total. The van der Waals surface area contributed by atoms with Crippen LogP contribution < -0.4 is 5.32 Å². The van der Waals surface area contributed by atoms with Gasteiger partial charge in [0.2, 0.25) is 0 Å². The number of anilines is 1. The average Bonchev–Trinajstić information content (AvgIpc) is 2.91. The quantitative estimate of drug-likeness (QED) is 0.809. The highest BCUT2D eigenvalue weighted by atomic mass is 32.1. The van der Waals surface area contributed by atoms with Crippen LogP contribution in [0.5, 0.6) is 0 Å². The van der Waals surface area contributed by atoms with Gasteiger partial charge in [-0.25, -0.2) is 0 Å². The summed E-state index contributed by atoms with van der Waals surface area (Å²) in [5.74, 6) is 0. The van der Waals surface area contributed by atoms with E-state index < -0.39 is 0 Å². The first-order valence-electron chi connectivity index (χ1n) is 6.95. The van der Waals surface area contributed by atoms with Crippen LogP contribution in [0.1, 0.15) is 24.2 Å². The van der Waals surface area contributed by atoms with Crippen LogP contribution in [0, 0.1) is 6.92 Å². The minimum absolute atomic E-state index is 0.308. The van der Waals surface area contributed by atoms with Gasteiger partial charge >= 0.3 is 0 Å². The number of aromatic nitrogens is 1. The lowest BCUT2D eigenvalue weighted by molar-refractivity contribution is 0.276. The number of nitrogens with zero attached hydrogens (tertiary/aromatic N) is 2. The molecule has 1 aliphatic rings. The average molecular weight is 285 g/mol. The molecule has 0 amide bonds. The van der Waals surface area contributed by atoms with Gasteiger partial charge in [0.1, 0.15) is 0 Å². The normalized spacial score (nSPS) is 17.7. The van der Waals surface area contributed by atoms with Gasteiger partial charge in [0.15, 0.2) is 5.11 Å². The molecule has 0 fully saturated rings. The number of benzene rings is 1. The molecule has 0 bridgehead atoms. The molecular weight excluding hydrogens is 266 g/mol. The number of hydrogen-bond acceptors (Lipinski definition) is 1. The van der Waals surface area contributed by atoms with Crippen molar-refractivity contribution in [3.8, 4) is 0 Å². The molecule has 2 heterocycles. The van der Waals surface area contributed by atoms with Crippen LogP contribution in [0.15, 0.2) is 42.6 Å². The highest BCUT2D eigenvalue weighted by molar-refractivity contribution is 7.80. The molecule has 1 atom stereocenters. The summed E-state index contributed by atoms with van der Waals surface area (Å²) in [7, 11) is 0. The van der Waals surface area contributed by atoms with Crippen molar-refractivity contribution in [3.63, 3.8) is 0 Å². The fraction of sp³-hybridized carbons (Fsp3) is 0.312. The predicted octanol–water partition coefficient (Wildman–Crippen LogP) is 3.57. The van der Waals surface area contributed by atoms with Gasteiger partial charge < -0.3 is 14.8 Å². The van der Waals surface area contributed by atoms with Crippen molar-refractivity contribution in [3.05, 3.63) is 53.9 Å². The number of hydrogen-bond donors (Lipinski definition) is 1. The molecule has 1 aromatic heterocycles. The maximum absolute atomic E-state index is 5.60. The van der Waals surface area contributed by atoms with Crippen LogP contribution in [0.3, 0.4) is 0 Å². The Bertz CT molecular complexity index is 632. The molecule has 3 nitrogen and oxygen atoms in total. The molecule has 0 saturated carbocycles. The number of para-hydroxylation sites is 1. The molecule has 1 unspecified atom stereocenters. The Balaban J connectivity index is 1.77. The second-order valence-corrected chi connectivity index (χ2v) is 5.63. The molecule has 104 valence electrons. The molecule has 0 aliphatic carbocycles. The maximum Gasteiger partial charge on any atom is 0.174 e. The summed E-state index contributed by atoms with van der Waals surface area (Å²) in [5, 5.41) is 4.19. The summed E-state index contributed by atoms with van der Waals surface area (Å²) >= 11 is 5.60. The minimum atomic E-state index is 0.308. The Morgan fingerprint density at radius 3 is 2.80 bits per heavy atom. The lowest BCUT2D eigenvalue weighted by Crippen LogP contribution is -2.42. The SMILES string of the molecule is Cc1ccccc1NC(=S)N1CCn2cccc2C1C. The maximum atomic E-state index is 5.60. The highest BCUT2D eigenvalue weighted by Crippen LogP contribution is 2.26. The third-order valence-corrected chi connectivity index (χ3v) is 4.33. The molecule has 0 saturated heterocycles. The molecule has 20 heavy (non-hydrogen) atoms. The molecule has 2 aromatic rings. The van der Waals surface area contributed by atoms with Crippen LogP contribution in [0.25, 0.3) is 0 Å². The van der Waals surface area contributed by atoms with Gasteiger partial charge in [0, 0.05) is 30.7 Å². The summed E-state index contributed by atoms with van der Waals surface area (Å²) in [5.41, 5.74) is 3.62. The molecule has 1 aliphatic heterocycles. The first-order chi connectivity index (χ1) is 9.66. The van der Waals surface area contributed by atoms with Crippen molar-refractivity contribution in [2.45, 2.75) is 26.4 Å². The minimum Gasteiger partial charge on any atom is -0.348 e. The van der Waals surface area contributed by atoms with Crippen molar-refractivity contribution in [1.29, 1.82) is 0 Å². The Labute approximate surface area is 125 Å². The second kappa shape index (κ2) is 5.29. The van der Waals surface area contributed by atoms with Crippen LogP contribution in [-0.2, 0) is 6.54 Å². The van der Waals surface area contributed by atoms with Gasteiger partial charge in [0.25, 0.3) is 0 Å². The molecule has 1 aromatic carbocycles. The van der Waals surface area contributed by atoms with Crippen molar-refractivity contribution >= 4 is 23.0 Å². The largest absolute Gasteiger partial charge is 0.348 e. The number of thiocarbonyl (C=S) groups is 1. The van der Waals surface area contributed by atoms with Gasteiger partial charge in [-0.05, 0) is 49.8 Å². The first kappa shape index (κ1) is 13.2. The summed E-state index contributed by atoms with van der Waals surface area (Å²) < 4.78 is 2.30. The van der Waals surface area contributed by atoms with Crippen molar-refractivity contribution in [1.82, 2.24) is 9.47 Å². The molecule has 0 spiro atoms. The zero-order valence-electron chi connectivity index (χ0n) is 11.8. The highest BCUT2D eigenvalue weighted by Gasteiger charge is 2.25. The van der Waals surface area contributed by atoms with Gasteiger partial charge in [-0.2, -0.15) is 0 Å². The van der Waals surface area contributed by atoms with E-state index in [2.05, 4.69) is 59.1 Å². The number of aryl methyl sites for hydroxylation is 1. The zero-order chi connectivity index (χ0) is 14.1. The summed E-state index contributed by atoms with van der Waals surface area (Å²) in [4.78, 5) is 2.26. The number of rotatable bonds is 1. The lowest BCUT2D eigenvalue weighted by Gasteiger charge is -2.37. The second-order valence-electron chi connectivity index (χ2n) is 5.24. The molecule has 4 heteroatoms. The van der Waals surface area contributed by atoms with Gasteiger partial charge in [-0.15, -0.1) is 0 Å². The van der Waals surface area contributed by atoms with E-state index in [0.29, 0.717) is 6.04 Å². The Morgan fingerprint density at radius 2 is 2.00 bits per heavy atom. The van der Waals surface area contributed by atoms with Gasteiger partial charge in [-0.3, -0.25) is 0 Å². The predicted molar refractivity (Wildman–Crippen MR) is 87.0 cm³/mol. The van der Waals surface area contributed by atoms with Crippen LogP contribution in [0.4, 0.5) is 5.69 Å². The van der Waals surface area contributed by atoms with E-state index in [1.807, 2.05) is 12.1 Å². The topological polar surface area (TPSA) is 20.2 Å². The zero-order valence-corrected chi connectivity index (χ0v) is 12.7.